The van der Waals surface area contributed by atoms with Crippen LogP contribution in [-0.2, 0) is 0 Å². The van der Waals surface area contributed by atoms with Gasteiger partial charge in [-0.05, 0) is 54.0 Å². The summed E-state index contributed by atoms with van der Waals surface area (Å²) >= 11 is 3.43. The largest absolute Gasteiger partial charge is 0.507 e. The quantitative estimate of drug-likeness (QED) is 0.823. The zero-order valence-corrected chi connectivity index (χ0v) is 14.2. The molecule has 1 atom stereocenters. The van der Waals surface area contributed by atoms with Crippen molar-refractivity contribution >= 4 is 21.6 Å². The average Bonchev–Trinajstić information content (AvgIpc) is 2.94. The van der Waals surface area contributed by atoms with Crippen LogP contribution in [0.5, 0.6) is 11.5 Å². The van der Waals surface area contributed by atoms with Gasteiger partial charge in [-0.1, -0.05) is 13.5 Å². The highest BCUT2D eigenvalue weighted by Crippen LogP contribution is 2.38. The second-order valence-electron chi connectivity index (χ2n) is 5.26. The number of nitrogens with zero attached hydrogens (tertiary/aromatic N) is 1. The minimum Gasteiger partial charge on any atom is -0.507 e. The van der Waals surface area contributed by atoms with E-state index >= 15 is 0 Å². The Bertz CT molecular complexity index is 519. The fourth-order valence-electron chi connectivity index (χ4n) is 2.91. The molecule has 2 N–H and O–H groups in total. The molecule has 5 heteroatoms. The first-order chi connectivity index (χ1) is 10.1. The Labute approximate surface area is 134 Å². The van der Waals surface area contributed by atoms with E-state index in [-0.39, 0.29) is 5.75 Å². The van der Waals surface area contributed by atoms with E-state index in [2.05, 4.69) is 39.6 Å². The van der Waals surface area contributed by atoms with Crippen LogP contribution in [0, 0.1) is 0 Å². The number of hydrogen-bond acceptors (Lipinski definition) is 4. The van der Waals surface area contributed by atoms with Gasteiger partial charge in [0.05, 0.1) is 17.1 Å². The van der Waals surface area contributed by atoms with Crippen molar-refractivity contribution in [1.82, 2.24) is 10.2 Å². The zero-order valence-electron chi connectivity index (χ0n) is 12.7. The Hall–Kier alpha value is -1.20. The smallest absolute Gasteiger partial charge is 0.146 e. The summed E-state index contributed by atoms with van der Waals surface area (Å²) in [5.74, 6) is 0.776. The fraction of sp³-hybridized carbons (Fsp3) is 0.500. The van der Waals surface area contributed by atoms with Gasteiger partial charge in [-0.2, -0.15) is 0 Å². The molecule has 21 heavy (non-hydrogen) atoms. The molecule has 1 aromatic rings. The predicted molar refractivity (Wildman–Crippen MR) is 89.7 cm³/mol. The molecule has 116 valence electrons. The van der Waals surface area contributed by atoms with Crippen LogP contribution >= 0.6 is 15.9 Å². The van der Waals surface area contributed by atoms with Gasteiger partial charge in [-0.15, -0.1) is 0 Å². The Balaban J connectivity index is 2.09. The van der Waals surface area contributed by atoms with Gasteiger partial charge in [-0.25, -0.2) is 0 Å². The van der Waals surface area contributed by atoms with Crippen LogP contribution in [0.1, 0.15) is 25.3 Å². The summed E-state index contributed by atoms with van der Waals surface area (Å²) in [5.41, 5.74) is 1.31. The summed E-state index contributed by atoms with van der Waals surface area (Å²) in [5, 5.41) is 13.4. The summed E-state index contributed by atoms with van der Waals surface area (Å²) in [6.45, 7) is 9.32. The van der Waals surface area contributed by atoms with Crippen LogP contribution in [0.25, 0.3) is 5.70 Å². The van der Waals surface area contributed by atoms with Crippen LogP contribution in [0.3, 0.4) is 0 Å². The molecule has 1 aromatic carbocycles. The molecule has 1 unspecified atom stereocenters. The molecule has 1 saturated heterocycles. The molecule has 0 amide bonds. The summed E-state index contributed by atoms with van der Waals surface area (Å²) in [4.78, 5) is 2.47. The van der Waals surface area contributed by atoms with E-state index in [1.807, 2.05) is 0 Å². The summed E-state index contributed by atoms with van der Waals surface area (Å²) in [6.07, 6.45) is 2.45. The van der Waals surface area contributed by atoms with E-state index in [0.29, 0.717) is 23.1 Å². The first-order valence-electron chi connectivity index (χ1n) is 7.31. The first-order valence-corrected chi connectivity index (χ1v) is 8.10. The van der Waals surface area contributed by atoms with Gasteiger partial charge in [0.15, 0.2) is 0 Å². The monoisotopic (exact) mass is 354 g/mol. The first kappa shape index (κ1) is 16.2. The number of benzene rings is 1. The van der Waals surface area contributed by atoms with Crippen LogP contribution in [0.2, 0.25) is 0 Å². The van der Waals surface area contributed by atoms with Crippen molar-refractivity contribution < 1.29 is 9.84 Å². The van der Waals surface area contributed by atoms with Gasteiger partial charge >= 0.3 is 0 Å². The molecule has 1 fully saturated rings. The average molecular weight is 355 g/mol. The van der Waals surface area contributed by atoms with Gasteiger partial charge in [0.2, 0.25) is 0 Å². The van der Waals surface area contributed by atoms with E-state index < -0.39 is 0 Å². The lowest BCUT2D eigenvalue weighted by Gasteiger charge is -2.24. The van der Waals surface area contributed by atoms with Crippen LogP contribution < -0.4 is 10.1 Å². The second kappa shape index (κ2) is 7.18. The van der Waals surface area contributed by atoms with Gasteiger partial charge in [-0.3, -0.25) is 4.90 Å². The van der Waals surface area contributed by atoms with Crippen molar-refractivity contribution in [3.63, 3.8) is 0 Å². The van der Waals surface area contributed by atoms with Crippen molar-refractivity contribution in [2.75, 3.05) is 26.7 Å². The van der Waals surface area contributed by atoms with Crippen molar-refractivity contribution in [2.24, 2.45) is 0 Å². The maximum atomic E-state index is 10.1. The molecule has 4 nitrogen and oxygen atoms in total. The number of hydrogen-bond donors (Lipinski definition) is 2. The number of phenols is 1. The Morgan fingerprint density at radius 2 is 2.33 bits per heavy atom. The minimum atomic E-state index is 0.173. The molecule has 0 aromatic heterocycles. The number of likely N-dealkylation sites (tertiary alicyclic amines) is 1. The number of halogens is 1. The fourth-order valence-corrected chi connectivity index (χ4v) is 3.40. The SMILES string of the molecule is C=C(NCC1CCCN1CC)c1c(O)ccc(Br)c1OC. The molecular weight excluding hydrogens is 332 g/mol. The van der Waals surface area contributed by atoms with Crippen molar-refractivity contribution in [1.29, 1.82) is 0 Å². The van der Waals surface area contributed by atoms with Crippen molar-refractivity contribution in [2.45, 2.75) is 25.8 Å². The minimum absolute atomic E-state index is 0.173. The van der Waals surface area contributed by atoms with E-state index in [4.69, 9.17) is 4.74 Å². The lowest BCUT2D eigenvalue weighted by atomic mass is 10.1. The van der Waals surface area contributed by atoms with E-state index in [9.17, 15) is 5.11 Å². The Morgan fingerprint density at radius 3 is 3.00 bits per heavy atom. The van der Waals surface area contributed by atoms with E-state index in [1.165, 1.54) is 19.4 Å². The highest BCUT2D eigenvalue weighted by atomic mass is 79.9. The summed E-state index contributed by atoms with van der Waals surface area (Å²) in [7, 11) is 1.59. The standard InChI is InChI=1S/C16H23BrN2O2/c1-4-19-9-5-6-12(19)10-18-11(2)15-14(20)8-7-13(17)16(15)21-3/h7-8,12,18,20H,2,4-6,9-10H2,1,3H3. The number of aromatic hydroxyl groups is 1. The molecular formula is C16H23BrN2O2. The molecule has 1 aliphatic rings. The Morgan fingerprint density at radius 1 is 1.57 bits per heavy atom. The molecule has 2 rings (SSSR count). The third-order valence-electron chi connectivity index (χ3n) is 4.05. The molecule has 0 radical (unpaired) electrons. The number of likely N-dealkylation sites (N-methyl/N-ethyl adjacent to an activating group) is 1. The van der Waals surface area contributed by atoms with Crippen LogP contribution in [-0.4, -0.2) is 42.8 Å². The molecule has 1 heterocycles. The zero-order chi connectivity index (χ0) is 15.4. The highest BCUT2D eigenvalue weighted by Gasteiger charge is 2.23. The molecule has 0 aliphatic carbocycles. The van der Waals surface area contributed by atoms with Gasteiger partial charge in [0.25, 0.3) is 0 Å². The van der Waals surface area contributed by atoms with Crippen LogP contribution in [0.15, 0.2) is 23.2 Å². The summed E-state index contributed by atoms with van der Waals surface area (Å²) in [6, 6.07) is 3.94. The highest BCUT2D eigenvalue weighted by molar-refractivity contribution is 9.10. The number of methoxy groups -OCH3 is 1. The third kappa shape index (κ3) is 3.52. The predicted octanol–water partition coefficient (Wildman–Crippen LogP) is 3.21. The molecule has 1 aliphatic heterocycles. The molecule has 0 spiro atoms. The molecule has 0 bridgehead atoms. The number of nitrogens with one attached hydrogen (secondary N) is 1. The normalized spacial score (nSPS) is 18.7. The van der Waals surface area contributed by atoms with Gasteiger partial charge in [0.1, 0.15) is 11.5 Å². The van der Waals surface area contributed by atoms with Crippen LogP contribution in [0.4, 0.5) is 0 Å². The van der Waals surface area contributed by atoms with Crippen molar-refractivity contribution in [3.05, 3.63) is 28.7 Å². The number of ether oxygens (including phenoxy) is 1. The number of phenolic OH excluding ortho intramolecular Hbond substituents is 1. The van der Waals surface area contributed by atoms with Crippen molar-refractivity contribution in [3.8, 4) is 11.5 Å². The molecule has 0 saturated carbocycles. The summed E-state index contributed by atoms with van der Waals surface area (Å²) < 4.78 is 6.18. The Kier molecular flexibility index (Phi) is 5.53. The lowest BCUT2D eigenvalue weighted by Crippen LogP contribution is -2.37. The number of rotatable bonds is 6. The maximum absolute atomic E-state index is 10.1. The second-order valence-corrected chi connectivity index (χ2v) is 6.11. The van der Waals surface area contributed by atoms with Gasteiger partial charge in [0, 0.05) is 18.3 Å². The lowest BCUT2D eigenvalue weighted by molar-refractivity contribution is 0.266. The maximum Gasteiger partial charge on any atom is 0.146 e. The van der Waals surface area contributed by atoms with E-state index in [1.54, 1.807) is 19.2 Å². The third-order valence-corrected chi connectivity index (χ3v) is 4.67. The van der Waals surface area contributed by atoms with Gasteiger partial charge < -0.3 is 15.2 Å². The van der Waals surface area contributed by atoms with E-state index in [0.717, 1.165) is 17.6 Å². The topological polar surface area (TPSA) is 44.7 Å².